The van der Waals surface area contributed by atoms with Crippen LogP contribution >= 0.6 is 0 Å². The number of hydrogen-bond acceptors (Lipinski definition) is 0. The van der Waals surface area contributed by atoms with Crippen molar-refractivity contribution in [3.05, 3.63) is 32.9 Å². The number of hydrogen-bond donors (Lipinski definition) is 0. The van der Waals surface area contributed by atoms with Crippen molar-refractivity contribution in [1.82, 2.24) is 0 Å². The molecule has 0 nitrogen and oxygen atoms in total. The van der Waals surface area contributed by atoms with Crippen LogP contribution in [0.3, 0.4) is 0 Å². The third kappa shape index (κ3) is 12.3. The minimum absolute atomic E-state index is 0. The molecule has 0 aliphatic heterocycles. The molecule has 0 fully saturated rings. The minimum atomic E-state index is 0. The third-order valence-corrected chi connectivity index (χ3v) is 1.79. The summed E-state index contributed by atoms with van der Waals surface area (Å²) in [6, 6.07) is 0. The minimum Gasteiger partial charge on any atom is -0.346 e. The molecule has 0 spiro atoms. The molecule has 0 aromatic carbocycles. The van der Waals surface area contributed by atoms with E-state index in [-0.39, 0.29) is 17.4 Å². The van der Waals surface area contributed by atoms with E-state index in [4.69, 9.17) is 0 Å². The van der Waals surface area contributed by atoms with E-state index in [1.807, 2.05) is 0 Å². The second-order valence-electron chi connectivity index (χ2n) is 2.44. The molecule has 1 aliphatic rings. The van der Waals surface area contributed by atoms with Crippen LogP contribution in [0.5, 0.6) is 0 Å². The zero-order valence-electron chi connectivity index (χ0n) is 9.26. The van der Waals surface area contributed by atoms with E-state index < -0.39 is 0 Å². The third-order valence-electron chi connectivity index (χ3n) is 1.79. The molecule has 0 aromatic rings. The van der Waals surface area contributed by atoms with Crippen molar-refractivity contribution in [2.45, 2.75) is 39.5 Å². The molecule has 1 heteroatoms. The standard InChI is InChI=1S/C8H13.2C2H5.Al/c1-2-8-6-4-3-5-7-8;2*1-2;/h3-4,8H,1-2,5-7H2;2*1H2,2H3;/q3*-1;+3/t8-;;;/m0.../s1. The smallest absolute Gasteiger partial charge is 0.346 e. The summed E-state index contributed by atoms with van der Waals surface area (Å²) in [6.07, 6.45) is 9.57. The summed E-state index contributed by atoms with van der Waals surface area (Å²) >= 11 is 0. The Bertz CT molecular complexity index is 87.1. The summed E-state index contributed by atoms with van der Waals surface area (Å²) in [4.78, 5) is 0. The molecule has 1 atom stereocenters. The predicted molar refractivity (Wildman–Crippen MR) is 64.3 cm³/mol. The Morgan fingerprint density at radius 3 is 1.92 bits per heavy atom. The zero-order valence-corrected chi connectivity index (χ0v) is 10.4. The molecule has 0 unspecified atom stereocenters. The maximum absolute atomic E-state index is 3.88. The fourth-order valence-corrected chi connectivity index (χ4v) is 1.12. The van der Waals surface area contributed by atoms with Crippen LogP contribution in [-0.4, -0.2) is 17.4 Å². The molecular formula is C12H23Al. The normalized spacial score (nSPS) is 18.4. The molecule has 0 aromatic heterocycles. The van der Waals surface area contributed by atoms with Crippen LogP contribution in [0.4, 0.5) is 0 Å². The first kappa shape index (κ1) is 18.9. The molecule has 0 heterocycles. The number of rotatable bonds is 1. The summed E-state index contributed by atoms with van der Waals surface area (Å²) in [5.41, 5.74) is 0. The van der Waals surface area contributed by atoms with Crippen molar-refractivity contribution < 1.29 is 0 Å². The van der Waals surface area contributed by atoms with Crippen molar-refractivity contribution in [3.8, 4) is 0 Å². The van der Waals surface area contributed by atoms with Gasteiger partial charge in [-0.3, -0.25) is 0 Å². The van der Waals surface area contributed by atoms with E-state index in [2.05, 4.69) is 32.9 Å². The van der Waals surface area contributed by atoms with Gasteiger partial charge < -0.3 is 20.8 Å². The Morgan fingerprint density at radius 2 is 1.69 bits per heavy atom. The predicted octanol–water partition coefficient (Wildman–Crippen LogP) is 3.87. The Balaban J connectivity index is -0.000000178. The topological polar surface area (TPSA) is 0 Å². The van der Waals surface area contributed by atoms with E-state index in [1.54, 1.807) is 13.8 Å². The van der Waals surface area contributed by atoms with Gasteiger partial charge in [0.05, 0.1) is 0 Å². The largest absolute Gasteiger partial charge is 3.00 e. The summed E-state index contributed by atoms with van der Waals surface area (Å²) in [6.45, 7) is 13.9. The quantitative estimate of drug-likeness (QED) is 0.338. The van der Waals surface area contributed by atoms with Crippen molar-refractivity contribution in [1.29, 1.82) is 0 Å². The van der Waals surface area contributed by atoms with Gasteiger partial charge in [-0.05, 0) is 19.3 Å². The van der Waals surface area contributed by atoms with Crippen molar-refractivity contribution in [3.63, 3.8) is 0 Å². The zero-order chi connectivity index (χ0) is 9.82. The Labute approximate surface area is 95.9 Å². The molecule has 1 rings (SSSR count). The molecule has 1 aliphatic carbocycles. The Hall–Kier alpha value is 0.272. The fraction of sp³-hybridized carbons (Fsp3) is 0.583. The molecule has 0 bridgehead atoms. The van der Waals surface area contributed by atoms with Gasteiger partial charge in [-0.25, -0.2) is 0 Å². The summed E-state index contributed by atoms with van der Waals surface area (Å²) in [5, 5.41) is 0. The first-order chi connectivity index (χ1) is 5.93. The molecule has 0 saturated carbocycles. The maximum Gasteiger partial charge on any atom is 3.00 e. The van der Waals surface area contributed by atoms with Crippen LogP contribution in [0.1, 0.15) is 39.5 Å². The second kappa shape index (κ2) is 18.1. The van der Waals surface area contributed by atoms with Crippen LogP contribution in [0.25, 0.3) is 0 Å². The average molecular weight is 194 g/mol. The van der Waals surface area contributed by atoms with E-state index in [0.29, 0.717) is 0 Å². The van der Waals surface area contributed by atoms with Crippen LogP contribution < -0.4 is 0 Å². The van der Waals surface area contributed by atoms with Gasteiger partial charge in [0.2, 0.25) is 0 Å². The molecule has 0 saturated heterocycles. The van der Waals surface area contributed by atoms with E-state index >= 15 is 0 Å². The Morgan fingerprint density at radius 1 is 1.15 bits per heavy atom. The Kier molecular flexibility index (Phi) is 26.4. The van der Waals surface area contributed by atoms with Gasteiger partial charge in [0.1, 0.15) is 0 Å². The van der Waals surface area contributed by atoms with E-state index in [1.165, 1.54) is 19.3 Å². The molecule has 74 valence electrons. The first-order valence-corrected chi connectivity index (χ1v) is 4.79. The van der Waals surface area contributed by atoms with Gasteiger partial charge in [0.25, 0.3) is 0 Å². The fourth-order valence-electron chi connectivity index (χ4n) is 1.12. The number of allylic oxidation sites excluding steroid dienone is 2. The molecular weight excluding hydrogens is 171 g/mol. The van der Waals surface area contributed by atoms with E-state index in [9.17, 15) is 0 Å². The SMILES string of the molecule is [Al+3].[CH2-]C.[CH2-]C.[CH2-]C[C@H]1CC=CCC1. The van der Waals surface area contributed by atoms with Crippen molar-refractivity contribution in [2.24, 2.45) is 5.92 Å². The van der Waals surface area contributed by atoms with Crippen molar-refractivity contribution in [2.75, 3.05) is 0 Å². The maximum atomic E-state index is 3.88. The summed E-state index contributed by atoms with van der Waals surface area (Å²) in [7, 11) is 0. The van der Waals surface area contributed by atoms with Crippen LogP contribution in [-0.2, 0) is 0 Å². The molecule has 0 amide bonds. The van der Waals surface area contributed by atoms with Gasteiger partial charge in [0.15, 0.2) is 0 Å². The van der Waals surface area contributed by atoms with Gasteiger partial charge >= 0.3 is 17.4 Å². The van der Waals surface area contributed by atoms with Gasteiger partial charge in [-0.2, -0.15) is 20.3 Å². The van der Waals surface area contributed by atoms with E-state index in [0.717, 1.165) is 12.3 Å². The van der Waals surface area contributed by atoms with Crippen LogP contribution in [0.2, 0.25) is 0 Å². The molecule has 0 N–H and O–H groups in total. The molecule has 13 heavy (non-hydrogen) atoms. The van der Waals surface area contributed by atoms with Gasteiger partial charge in [0, 0.05) is 0 Å². The molecule has 0 radical (unpaired) electrons. The van der Waals surface area contributed by atoms with Crippen molar-refractivity contribution >= 4 is 17.4 Å². The average Bonchev–Trinajstić information content (AvgIpc) is 2.25. The van der Waals surface area contributed by atoms with Gasteiger partial charge in [-0.15, -0.1) is 0 Å². The second-order valence-corrected chi connectivity index (χ2v) is 2.44. The monoisotopic (exact) mass is 194 g/mol. The summed E-state index contributed by atoms with van der Waals surface area (Å²) in [5.74, 6) is 0.889. The van der Waals surface area contributed by atoms with Crippen LogP contribution in [0, 0.1) is 26.7 Å². The van der Waals surface area contributed by atoms with Gasteiger partial charge in [-0.1, -0.05) is 18.1 Å². The summed E-state index contributed by atoms with van der Waals surface area (Å²) < 4.78 is 0. The van der Waals surface area contributed by atoms with Crippen LogP contribution in [0.15, 0.2) is 12.2 Å². The first-order valence-electron chi connectivity index (χ1n) is 4.79.